The average molecular weight is 392 g/mol. The fourth-order valence-electron chi connectivity index (χ4n) is 2.71. The molecule has 1 aliphatic rings. The van der Waals surface area contributed by atoms with Gasteiger partial charge in [0.15, 0.2) is 0 Å². The van der Waals surface area contributed by atoms with E-state index in [0.717, 1.165) is 6.42 Å². The van der Waals surface area contributed by atoms with Crippen LogP contribution in [-0.2, 0) is 17.8 Å². The fraction of sp³-hybridized carbons (Fsp3) is 0.750. The summed E-state index contributed by atoms with van der Waals surface area (Å²) in [6.45, 7) is 11.7. The third kappa shape index (κ3) is 5.67. The van der Waals surface area contributed by atoms with Gasteiger partial charge in [-0.2, -0.15) is 0 Å². The molecule has 0 aromatic carbocycles. The van der Waals surface area contributed by atoms with Crippen LogP contribution in [0.25, 0.3) is 0 Å². The Bertz CT molecular complexity index is 412. The fourth-order valence-corrected chi connectivity index (χ4v) is 9.74. The van der Waals surface area contributed by atoms with E-state index in [4.69, 9.17) is 0 Å². The topological polar surface area (TPSA) is 18.5 Å². The average Bonchev–Trinajstić information content (AvgIpc) is 2.58. The Morgan fingerprint density at radius 2 is 1.67 bits per heavy atom. The van der Waals surface area contributed by atoms with Crippen molar-refractivity contribution in [1.82, 2.24) is 12.2 Å². The van der Waals surface area contributed by atoms with Gasteiger partial charge in [-0.25, -0.2) is 0 Å². The summed E-state index contributed by atoms with van der Waals surface area (Å²) in [6.07, 6.45) is 3.59. The molecule has 5 heteroatoms. The Labute approximate surface area is 140 Å². The summed E-state index contributed by atoms with van der Waals surface area (Å²) in [5, 5.41) is 3.75. The van der Waals surface area contributed by atoms with Gasteiger partial charge >= 0.3 is 140 Å². The summed E-state index contributed by atoms with van der Waals surface area (Å²) >= 11 is -1.53. The molecule has 0 atom stereocenters. The van der Waals surface area contributed by atoms with Crippen molar-refractivity contribution in [3.8, 4) is 0 Å². The number of nitrogens with zero attached hydrogens (tertiary/aromatic N) is 2. The molecule has 0 heterocycles. The molecule has 0 radical (unpaired) electrons. The molecule has 1 N–H and O–H groups in total. The van der Waals surface area contributed by atoms with Crippen LogP contribution in [-0.4, -0.2) is 49.4 Å². The van der Waals surface area contributed by atoms with Crippen molar-refractivity contribution in [2.45, 2.75) is 51.9 Å². The van der Waals surface area contributed by atoms with Crippen molar-refractivity contribution in [2.75, 3.05) is 28.2 Å². The first-order valence-electron chi connectivity index (χ1n) is 7.83. The van der Waals surface area contributed by atoms with E-state index < -0.39 is 26.6 Å². The molecule has 0 aromatic rings. The first kappa shape index (κ1) is 19.2. The van der Waals surface area contributed by atoms with Crippen LogP contribution in [0, 0.1) is 0 Å². The molecule has 0 unspecified atom stereocenters. The Morgan fingerprint density at radius 1 is 1.14 bits per heavy atom. The van der Waals surface area contributed by atoms with Gasteiger partial charge in [-0.15, -0.1) is 0 Å². The number of rotatable bonds is 6. The first-order chi connectivity index (χ1) is 9.53. The van der Waals surface area contributed by atoms with Crippen LogP contribution in [0.5, 0.6) is 0 Å². The van der Waals surface area contributed by atoms with Crippen LogP contribution in [0.3, 0.4) is 0 Å². The van der Waals surface area contributed by atoms with E-state index in [9.17, 15) is 0 Å². The van der Waals surface area contributed by atoms with Crippen LogP contribution in [0.2, 0.25) is 19.1 Å². The molecule has 21 heavy (non-hydrogen) atoms. The standard InChI is InChI=1S/C12H22NSi.2C2H6N.Mo/c1-12(2,3)13-11-8-6-7-10(11)9-14(4)5;2*1-3-2;/h8,13-14H,6,9H2,1-5H3;2*1-2H3;/q;2*-1;+2. The van der Waals surface area contributed by atoms with E-state index in [-0.39, 0.29) is 5.54 Å². The molecule has 0 spiro atoms. The zero-order chi connectivity index (χ0) is 16.4. The van der Waals surface area contributed by atoms with E-state index in [0.29, 0.717) is 0 Å². The summed E-state index contributed by atoms with van der Waals surface area (Å²) in [6, 6.07) is 1.32. The van der Waals surface area contributed by atoms with E-state index >= 15 is 0 Å². The molecule has 0 aliphatic heterocycles. The van der Waals surface area contributed by atoms with Gasteiger partial charge < -0.3 is 0 Å². The second kappa shape index (κ2) is 7.58. The number of allylic oxidation sites excluding steroid dienone is 3. The van der Waals surface area contributed by atoms with E-state index in [2.05, 4.69) is 80.4 Å². The Hall–Kier alpha value is 0.105. The SMILES string of the molecule is C[N](C)[Mo]([C]1=C(C[SiH](C)C)C(NC(C)(C)C)=CC1)[N](C)C. The summed E-state index contributed by atoms with van der Waals surface area (Å²) < 4.78 is 6.74. The van der Waals surface area contributed by atoms with Gasteiger partial charge in [-0.05, 0) is 0 Å². The second-order valence-electron chi connectivity index (χ2n) is 7.59. The van der Waals surface area contributed by atoms with Crippen molar-refractivity contribution < 1.29 is 17.8 Å². The molecule has 0 amide bonds. The van der Waals surface area contributed by atoms with Gasteiger partial charge in [-0.1, -0.05) is 0 Å². The van der Waals surface area contributed by atoms with Crippen molar-refractivity contribution in [3.63, 3.8) is 0 Å². The number of hydrogen-bond acceptors (Lipinski definition) is 3. The van der Waals surface area contributed by atoms with E-state index in [1.54, 1.807) is 9.54 Å². The Balaban J connectivity index is 3.15. The van der Waals surface area contributed by atoms with Gasteiger partial charge in [0.1, 0.15) is 0 Å². The molecule has 0 saturated carbocycles. The van der Waals surface area contributed by atoms with Crippen molar-refractivity contribution >= 4 is 8.80 Å². The quantitative estimate of drug-likeness (QED) is 0.701. The van der Waals surface area contributed by atoms with Gasteiger partial charge in [-0.3, -0.25) is 0 Å². The third-order valence-electron chi connectivity index (χ3n) is 3.19. The summed E-state index contributed by atoms with van der Waals surface area (Å²) in [5.74, 6) is 0. The van der Waals surface area contributed by atoms with Crippen LogP contribution in [0.1, 0.15) is 27.2 Å². The Morgan fingerprint density at radius 3 is 2.05 bits per heavy atom. The predicted octanol–water partition coefficient (Wildman–Crippen LogP) is 2.97. The molecule has 1 rings (SSSR count). The molecule has 0 saturated heterocycles. The summed E-state index contributed by atoms with van der Waals surface area (Å²) in [7, 11) is 8.39. The van der Waals surface area contributed by atoms with E-state index in [1.807, 2.05) is 0 Å². The van der Waals surface area contributed by atoms with Gasteiger partial charge in [0.25, 0.3) is 0 Å². The van der Waals surface area contributed by atoms with E-state index in [1.165, 1.54) is 11.7 Å². The molecule has 0 fully saturated rings. The Kier molecular flexibility index (Phi) is 6.92. The molecular weight excluding hydrogens is 358 g/mol. The molecule has 1 aliphatic carbocycles. The molecule has 3 nitrogen and oxygen atoms in total. The summed E-state index contributed by atoms with van der Waals surface area (Å²) in [5.41, 5.74) is 3.22. The maximum absolute atomic E-state index is 3.75. The minimum atomic E-state index is -1.53. The zero-order valence-corrected chi connectivity index (χ0v) is 18.5. The molecular formula is C16H34MoN3Si. The van der Waals surface area contributed by atoms with Gasteiger partial charge in [0.05, 0.1) is 0 Å². The van der Waals surface area contributed by atoms with Crippen LogP contribution in [0.15, 0.2) is 21.3 Å². The van der Waals surface area contributed by atoms with Crippen LogP contribution in [0.4, 0.5) is 0 Å². The van der Waals surface area contributed by atoms with Crippen LogP contribution < -0.4 is 5.32 Å². The van der Waals surface area contributed by atoms with Crippen LogP contribution >= 0.6 is 0 Å². The van der Waals surface area contributed by atoms with Crippen molar-refractivity contribution in [2.24, 2.45) is 0 Å². The van der Waals surface area contributed by atoms with Crippen molar-refractivity contribution in [1.29, 1.82) is 0 Å². The second-order valence-corrected chi connectivity index (χ2v) is 16.9. The minimum absolute atomic E-state index is 0.141. The maximum atomic E-state index is 3.75. The molecule has 0 bridgehead atoms. The van der Waals surface area contributed by atoms with Crippen molar-refractivity contribution in [3.05, 3.63) is 21.3 Å². The molecule has 123 valence electrons. The predicted molar refractivity (Wildman–Crippen MR) is 93.7 cm³/mol. The first-order valence-corrected chi connectivity index (χ1v) is 13.7. The molecule has 0 aromatic heterocycles. The third-order valence-corrected chi connectivity index (χ3v) is 9.91. The number of nitrogens with one attached hydrogen (secondary N) is 1. The zero-order valence-electron chi connectivity index (χ0n) is 15.4. The van der Waals surface area contributed by atoms with Gasteiger partial charge in [0, 0.05) is 0 Å². The number of hydrogen-bond donors (Lipinski definition) is 1. The normalized spacial score (nSPS) is 16.7. The summed E-state index contributed by atoms with van der Waals surface area (Å²) in [4.78, 5) is 0. The van der Waals surface area contributed by atoms with Gasteiger partial charge in [0.2, 0.25) is 0 Å². The monoisotopic (exact) mass is 394 g/mol.